The number of hydrogen-bond donors (Lipinski definition) is 1. The fourth-order valence-corrected chi connectivity index (χ4v) is 5.22. The number of carbonyl (C=O) groups excluding carboxylic acids is 3. The number of carboxylic acid groups (broad SMARTS) is 1. The molecule has 1 N–H and O–H groups in total. The molecule has 0 radical (unpaired) electrons. The highest BCUT2D eigenvalue weighted by Crippen LogP contribution is 2.36. The van der Waals surface area contributed by atoms with E-state index in [2.05, 4.69) is 0 Å². The Morgan fingerprint density at radius 3 is 1.39 bits per heavy atom. The first-order chi connectivity index (χ1) is 22.2. The molecule has 0 saturated heterocycles. The van der Waals surface area contributed by atoms with Gasteiger partial charge in [-0.25, -0.2) is 9.59 Å². The van der Waals surface area contributed by atoms with Gasteiger partial charge in [0, 0.05) is 19.4 Å². The van der Waals surface area contributed by atoms with Crippen LogP contribution in [0, 0.1) is 0 Å². The summed E-state index contributed by atoms with van der Waals surface area (Å²) in [4.78, 5) is 46.9. The molecule has 1 rings (SSSR count). The predicted octanol–water partition coefficient (Wildman–Crippen LogP) is 8.25. The number of benzene rings is 1. The van der Waals surface area contributed by atoms with Crippen molar-refractivity contribution >= 4 is 23.9 Å². The van der Waals surface area contributed by atoms with Gasteiger partial charge in [-0.05, 0) is 45.1 Å². The van der Waals surface area contributed by atoms with Crippen molar-refractivity contribution in [1.29, 1.82) is 0 Å². The van der Waals surface area contributed by atoms with E-state index in [1.54, 1.807) is 6.92 Å². The molecule has 0 saturated carbocycles. The molecule has 46 heavy (non-hydrogen) atoms. The topological polar surface area (TPSA) is 135 Å². The van der Waals surface area contributed by atoms with E-state index in [0.29, 0.717) is 38.4 Å². The Labute approximate surface area is 275 Å². The van der Waals surface area contributed by atoms with Crippen LogP contribution in [0.4, 0.5) is 0 Å². The number of aromatic carboxylic acids is 1. The summed E-state index contributed by atoms with van der Waals surface area (Å²) in [6, 6.07) is 1.47. The maximum atomic E-state index is 12.9. The van der Waals surface area contributed by atoms with Crippen molar-refractivity contribution in [2.75, 3.05) is 33.0 Å². The van der Waals surface area contributed by atoms with Crippen molar-refractivity contribution in [1.82, 2.24) is 0 Å². The lowest BCUT2D eigenvalue weighted by molar-refractivity contribution is -0.142. The van der Waals surface area contributed by atoms with Crippen LogP contribution in [-0.2, 0) is 30.2 Å². The maximum Gasteiger partial charge on any atom is 0.342 e. The van der Waals surface area contributed by atoms with Crippen LogP contribution in [0.3, 0.4) is 0 Å². The molecule has 1 aromatic rings. The SMILES string of the molecule is CCOC(=O)c1cc(OCCCCCCCCCCOC(C)=O)c(C(=O)O)c(CC)c1OCCCCCCCCCCOC(C)=O. The highest BCUT2D eigenvalue weighted by atomic mass is 16.5. The summed E-state index contributed by atoms with van der Waals surface area (Å²) in [5, 5.41) is 10.1. The van der Waals surface area contributed by atoms with Crippen LogP contribution < -0.4 is 9.47 Å². The minimum Gasteiger partial charge on any atom is -0.493 e. The molecule has 0 bridgehead atoms. The quantitative estimate of drug-likeness (QED) is 0.0536. The summed E-state index contributed by atoms with van der Waals surface area (Å²) >= 11 is 0. The second-order valence-electron chi connectivity index (χ2n) is 11.5. The molecule has 0 aliphatic rings. The fourth-order valence-electron chi connectivity index (χ4n) is 5.22. The molecule has 10 heteroatoms. The first-order valence-electron chi connectivity index (χ1n) is 17.3. The van der Waals surface area contributed by atoms with E-state index in [9.17, 15) is 24.3 Å². The van der Waals surface area contributed by atoms with Gasteiger partial charge in [0.05, 0.1) is 33.0 Å². The molecule has 0 spiro atoms. The van der Waals surface area contributed by atoms with E-state index in [4.69, 9.17) is 23.7 Å². The summed E-state index contributed by atoms with van der Waals surface area (Å²) in [6.45, 7) is 8.29. The van der Waals surface area contributed by atoms with Gasteiger partial charge in [0.25, 0.3) is 0 Å². The van der Waals surface area contributed by atoms with Crippen molar-refractivity contribution in [2.45, 2.75) is 137 Å². The zero-order valence-corrected chi connectivity index (χ0v) is 28.8. The minimum atomic E-state index is -1.12. The van der Waals surface area contributed by atoms with Crippen LogP contribution in [0.25, 0.3) is 0 Å². The first kappa shape index (κ1) is 40.7. The van der Waals surface area contributed by atoms with E-state index in [1.165, 1.54) is 19.9 Å². The molecular formula is C36H58O10. The third-order valence-corrected chi connectivity index (χ3v) is 7.60. The maximum absolute atomic E-state index is 12.9. The molecule has 0 unspecified atom stereocenters. The average molecular weight is 651 g/mol. The van der Waals surface area contributed by atoms with Crippen molar-refractivity contribution in [3.63, 3.8) is 0 Å². The minimum absolute atomic E-state index is 0.0352. The average Bonchev–Trinajstić information content (AvgIpc) is 3.01. The second-order valence-corrected chi connectivity index (χ2v) is 11.5. The van der Waals surface area contributed by atoms with Crippen LogP contribution in [0.2, 0.25) is 0 Å². The number of carbonyl (C=O) groups is 4. The van der Waals surface area contributed by atoms with E-state index in [1.807, 2.05) is 6.92 Å². The highest BCUT2D eigenvalue weighted by molar-refractivity contribution is 5.99. The number of esters is 3. The standard InChI is InChI=1S/C36H58O10/c1-5-30-33(35(39)40)32(45-25-21-17-13-9-7-11-15-19-23-43-28(3)37)27-31(36(41)42-6-2)34(30)46-26-22-18-14-10-8-12-16-20-24-44-29(4)38/h27H,5-26H2,1-4H3,(H,39,40). The molecule has 0 aromatic heterocycles. The lowest BCUT2D eigenvalue weighted by Gasteiger charge is -2.20. The van der Waals surface area contributed by atoms with Crippen LogP contribution in [0.1, 0.15) is 157 Å². The first-order valence-corrected chi connectivity index (χ1v) is 17.3. The van der Waals surface area contributed by atoms with Crippen LogP contribution in [0.15, 0.2) is 6.07 Å². The number of ether oxygens (including phenoxy) is 5. The van der Waals surface area contributed by atoms with Gasteiger partial charge in [0.15, 0.2) is 0 Å². The summed E-state index contributed by atoms with van der Waals surface area (Å²) in [6.07, 6.45) is 16.5. The number of carboxylic acids is 1. The van der Waals surface area contributed by atoms with Gasteiger partial charge >= 0.3 is 23.9 Å². The molecule has 0 atom stereocenters. The zero-order valence-electron chi connectivity index (χ0n) is 28.8. The number of hydrogen-bond acceptors (Lipinski definition) is 9. The van der Waals surface area contributed by atoms with E-state index in [0.717, 1.165) is 103 Å². The molecule has 1 aromatic carbocycles. The lowest BCUT2D eigenvalue weighted by atomic mass is 9.98. The van der Waals surface area contributed by atoms with Gasteiger partial charge in [0.1, 0.15) is 22.6 Å². The van der Waals surface area contributed by atoms with Crippen molar-refractivity contribution in [2.24, 2.45) is 0 Å². The Morgan fingerprint density at radius 1 is 0.587 bits per heavy atom. The van der Waals surface area contributed by atoms with E-state index in [-0.39, 0.29) is 41.2 Å². The molecular weight excluding hydrogens is 592 g/mol. The van der Waals surface area contributed by atoms with Gasteiger partial charge in [-0.1, -0.05) is 84.0 Å². The molecule has 0 aliphatic carbocycles. The molecule has 0 fully saturated rings. The Morgan fingerprint density at radius 2 is 1.00 bits per heavy atom. The van der Waals surface area contributed by atoms with Gasteiger partial charge in [0.2, 0.25) is 0 Å². The molecule has 0 heterocycles. The normalized spacial score (nSPS) is 10.8. The van der Waals surface area contributed by atoms with Gasteiger partial charge in [-0.3, -0.25) is 9.59 Å². The third-order valence-electron chi connectivity index (χ3n) is 7.60. The lowest BCUT2D eigenvalue weighted by Crippen LogP contribution is -2.16. The van der Waals surface area contributed by atoms with Gasteiger partial charge in [-0.2, -0.15) is 0 Å². The van der Waals surface area contributed by atoms with Crippen LogP contribution in [0.5, 0.6) is 11.5 Å². The smallest absolute Gasteiger partial charge is 0.342 e. The van der Waals surface area contributed by atoms with Gasteiger partial charge < -0.3 is 28.8 Å². The van der Waals surface area contributed by atoms with Crippen LogP contribution in [-0.4, -0.2) is 62.0 Å². The van der Waals surface area contributed by atoms with E-state index >= 15 is 0 Å². The molecule has 10 nitrogen and oxygen atoms in total. The Bertz CT molecular complexity index is 1040. The second kappa shape index (κ2) is 25.8. The zero-order chi connectivity index (χ0) is 34.0. The van der Waals surface area contributed by atoms with Crippen molar-refractivity contribution in [3.05, 3.63) is 22.8 Å². The Balaban J connectivity index is 2.62. The summed E-state index contributed by atoms with van der Waals surface area (Å²) in [5.41, 5.74) is 0.671. The third kappa shape index (κ3) is 18.0. The highest BCUT2D eigenvalue weighted by Gasteiger charge is 2.27. The largest absolute Gasteiger partial charge is 0.493 e. The number of rotatable bonds is 28. The van der Waals surface area contributed by atoms with Crippen LogP contribution >= 0.6 is 0 Å². The summed E-state index contributed by atoms with van der Waals surface area (Å²) in [5.74, 6) is -1.71. The van der Waals surface area contributed by atoms with E-state index < -0.39 is 11.9 Å². The molecule has 0 amide bonds. The predicted molar refractivity (Wildman–Crippen MR) is 177 cm³/mol. The monoisotopic (exact) mass is 650 g/mol. The Hall–Kier alpha value is -3.30. The number of unbranched alkanes of at least 4 members (excludes halogenated alkanes) is 14. The Kier molecular flexibility index (Phi) is 22.9. The van der Waals surface area contributed by atoms with Crippen molar-refractivity contribution in [3.8, 4) is 11.5 Å². The van der Waals surface area contributed by atoms with Gasteiger partial charge in [-0.15, -0.1) is 0 Å². The summed E-state index contributed by atoms with van der Waals surface area (Å²) < 4.78 is 27.3. The summed E-state index contributed by atoms with van der Waals surface area (Å²) in [7, 11) is 0. The van der Waals surface area contributed by atoms with Crippen molar-refractivity contribution < 1.29 is 48.0 Å². The molecule has 262 valence electrons. The molecule has 0 aliphatic heterocycles. The fraction of sp³-hybridized carbons (Fsp3) is 0.722.